The molecule has 0 amide bonds. The number of carbonyl (C=O) groups is 1. The van der Waals surface area contributed by atoms with Crippen LogP contribution in [0.3, 0.4) is 0 Å². The Labute approximate surface area is 128 Å². The standard InChI is InChI=1S/C14H22O6S/c15-3-4-17-5-6-18-7-8-19-9-10-20-14(16)12-13-2-1-11-21-13/h1-2,11,15H,3-10,12H2. The van der Waals surface area contributed by atoms with Crippen LogP contribution in [0, 0.1) is 0 Å². The molecule has 0 radical (unpaired) electrons. The van der Waals surface area contributed by atoms with Crippen molar-refractivity contribution in [2.75, 3.05) is 52.9 Å². The van der Waals surface area contributed by atoms with Crippen LogP contribution in [0.4, 0.5) is 0 Å². The zero-order valence-electron chi connectivity index (χ0n) is 12.0. The van der Waals surface area contributed by atoms with Crippen molar-refractivity contribution in [2.24, 2.45) is 0 Å². The van der Waals surface area contributed by atoms with E-state index < -0.39 is 0 Å². The number of ether oxygens (including phenoxy) is 4. The summed E-state index contributed by atoms with van der Waals surface area (Å²) < 4.78 is 20.6. The van der Waals surface area contributed by atoms with Crippen LogP contribution in [-0.4, -0.2) is 63.9 Å². The lowest BCUT2D eigenvalue weighted by Gasteiger charge is -2.07. The first-order valence-corrected chi connectivity index (χ1v) is 7.73. The van der Waals surface area contributed by atoms with Gasteiger partial charge in [0.15, 0.2) is 0 Å². The molecule has 0 saturated carbocycles. The van der Waals surface area contributed by atoms with Gasteiger partial charge in [0.05, 0.1) is 52.7 Å². The van der Waals surface area contributed by atoms with E-state index >= 15 is 0 Å². The fourth-order valence-corrected chi connectivity index (χ4v) is 2.12. The van der Waals surface area contributed by atoms with Gasteiger partial charge in [0.25, 0.3) is 0 Å². The summed E-state index contributed by atoms with van der Waals surface area (Å²) in [5, 5.41) is 10.4. The first-order chi connectivity index (χ1) is 10.3. The summed E-state index contributed by atoms with van der Waals surface area (Å²) in [5.41, 5.74) is 0. The Morgan fingerprint density at radius 3 is 2.19 bits per heavy atom. The van der Waals surface area contributed by atoms with E-state index in [0.717, 1.165) is 4.88 Å². The highest BCUT2D eigenvalue weighted by atomic mass is 32.1. The summed E-state index contributed by atoms with van der Waals surface area (Å²) in [4.78, 5) is 12.4. The molecule has 1 N–H and O–H groups in total. The zero-order valence-corrected chi connectivity index (χ0v) is 12.8. The van der Waals surface area contributed by atoms with Crippen molar-refractivity contribution in [3.8, 4) is 0 Å². The Hall–Kier alpha value is -0.990. The minimum absolute atomic E-state index is 0.0221. The molecule has 0 aliphatic heterocycles. The number of rotatable bonds is 13. The van der Waals surface area contributed by atoms with Crippen molar-refractivity contribution >= 4 is 17.3 Å². The van der Waals surface area contributed by atoms with Crippen LogP contribution in [0.15, 0.2) is 17.5 Å². The van der Waals surface area contributed by atoms with E-state index in [-0.39, 0.29) is 19.2 Å². The molecule has 0 aliphatic rings. The number of carbonyl (C=O) groups excluding carboxylic acids is 1. The predicted molar refractivity (Wildman–Crippen MR) is 78.5 cm³/mol. The van der Waals surface area contributed by atoms with Gasteiger partial charge in [-0.15, -0.1) is 11.3 Å². The fraction of sp³-hybridized carbons (Fsp3) is 0.643. The zero-order chi connectivity index (χ0) is 15.2. The summed E-state index contributed by atoms with van der Waals surface area (Å²) in [5.74, 6) is -0.238. The quantitative estimate of drug-likeness (QED) is 0.430. The lowest BCUT2D eigenvalue weighted by Crippen LogP contribution is -2.15. The topological polar surface area (TPSA) is 74.2 Å². The molecular formula is C14H22O6S. The van der Waals surface area contributed by atoms with Crippen LogP contribution in [0.1, 0.15) is 4.88 Å². The molecule has 0 aromatic carbocycles. The highest BCUT2D eigenvalue weighted by molar-refractivity contribution is 7.10. The van der Waals surface area contributed by atoms with E-state index in [0.29, 0.717) is 46.1 Å². The molecule has 0 spiro atoms. The second-order valence-electron chi connectivity index (χ2n) is 4.04. The first kappa shape index (κ1) is 18.1. The molecule has 7 heteroatoms. The summed E-state index contributed by atoms with van der Waals surface area (Å²) in [6, 6.07) is 3.81. The molecule has 0 saturated heterocycles. The maximum atomic E-state index is 11.4. The fourth-order valence-electron chi connectivity index (χ4n) is 1.43. The second-order valence-corrected chi connectivity index (χ2v) is 5.07. The van der Waals surface area contributed by atoms with Crippen LogP contribution < -0.4 is 0 Å². The Bertz CT molecular complexity index is 354. The Balaban J connectivity index is 1.81. The van der Waals surface area contributed by atoms with Gasteiger partial charge < -0.3 is 24.1 Å². The van der Waals surface area contributed by atoms with Crippen molar-refractivity contribution in [2.45, 2.75) is 6.42 Å². The van der Waals surface area contributed by atoms with Crippen molar-refractivity contribution < 1.29 is 28.8 Å². The Kier molecular flexibility index (Phi) is 10.9. The van der Waals surface area contributed by atoms with Gasteiger partial charge in [0.1, 0.15) is 6.61 Å². The van der Waals surface area contributed by atoms with Crippen LogP contribution in [0.25, 0.3) is 0 Å². The van der Waals surface area contributed by atoms with Crippen molar-refractivity contribution in [1.82, 2.24) is 0 Å². The van der Waals surface area contributed by atoms with E-state index in [1.54, 1.807) is 0 Å². The SMILES string of the molecule is O=C(Cc1cccs1)OCCOCCOCCOCCO. The molecule has 1 aromatic heterocycles. The van der Waals surface area contributed by atoms with Gasteiger partial charge in [0, 0.05) is 4.88 Å². The van der Waals surface area contributed by atoms with Gasteiger partial charge in [-0.3, -0.25) is 4.79 Å². The highest BCUT2D eigenvalue weighted by Gasteiger charge is 2.05. The maximum Gasteiger partial charge on any atom is 0.311 e. The largest absolute Gasteiger partial charge is 0.463 e. The smallest absolute Gasteiger partial charge is 0.311 e. The predicted octanol–water partition coefficient (Wildman–Crippen LogP) is 0.876. The molecule has 0 unspecified atom stereocenters. The molecule has 6 nitrogen and oxygen atoms in total. The summed E-state index contributed by atoms with van der Waals surface area (Å²) in [7, 11) is 0. The van der Waals surface area contributed by atoms with Crippen molar-refractivity contribution in [3.05, 3.63) is 22.4 Å². The number of hydrogen-bond donors (Lipinski definition) is 1. The van der Waals surface area contributed by atoms with Crippen molar-refractivity contribution in [1.29, 1.82) is 0 Å². The third-order valence-corrected chi connectivity index (χ3v) is 3.25. The maximum absolute atomic E-state index is 11.4. The normalized spacial score (nSPS) is 10.7. The molecule has 120 valence electrons. The third-order valence-electron chi connectivity index (χ3n) is 2.37. The number of aliphatic hydroxyl groups is 1. The number of thiophene rings is 1. The summed E-state index contributed by atoms with van der Waals surface area (Å²) >= 11 is 1.54. The van der Waals surface area contributed by atoms with Gasteiger partial charge in [0.2, 0.25) is 0 Å². The van der Waals surface area contributed by atoms with Gasteiger partial charge in [-0.2, -0.15) is 0 Å². The molecule has 1 rings (SSSR count). The molecule has 1 heterocycles. The number of aliphatic hydroxyl groups excluding tert-OH is 1. The van der Waals surface area contributed by atoms with E-state index in [2.05, 4.69) is 0 Å². The van der Waals surface area contributed by atoms with Crippen LogP contribution in [0.2, 0.25) is 0 Å². The lowest BCUT2D eigenvalue weighted by molar-refractivity contribution is -0.144. The van der Waals surface area contributed by atoms with Crippen LogP contribution in [-0.2, 0) is 30.2 Å². The number of esters is 1. The lowest BCUT2D eigenvalue weighted by atomic mass is 10.3. The van der Waals surface area contributed by atoms with Crippen LogP contribution in [0.5, 0.6) is 0 Å². The Morgan fingerprint density at radius 1 is 1.00 bits per heavy atom. The van der Waals surface area contributed by atoms with Gasteiger partial charge in [-0.25, -0.2) is 0 Å². The van der Waals surface area contributed by atoms with E-state index in [4.69, 9.17) is 24.1 Å². The average Bonchev–Trinajstić information content (AvgIpc) is 2.97. The Morgan fingerprint density at radius 2 is 1.62 bits per heavy atom. The minimum Gasteiger partial charge on any atom is -0.463 e. The molecule has 0 bridgehead atoms. The number of hydrogen-bond acceptors (Lipinski definition) is 7. The van der Waals surface area contributed by atoms with E-state index in [1.807, 2.05) is 17.5 Å². The summed E-state index contributed by atoms with van der Waals surface area (Å²) in [6.07, 6.45) is 0.314. The van der Waals surface area contributed by atoms with Gasteiger partial charge in [-0.1, -0.05) is 6.07 Å². The molecule has 0 aliphatic carbocycles. The average molecular weight is 318 g/mol. The van der Waals surface area contributed by atoms with Gasteiger partial charge in [-0.05, 0) is 11.4 Å². The van der Waals surface area contributed by atoms with Crippen LogP contribution >= 0.6 is 11.3 Å². The monoisotopic (exact) mass is 318 g/mol. The minimum atomic E-state index is -0.238. The van der Waals surface area contributed by atoms with E-state index in [1.165, 1.54) is 11.3 Å². The highest BCUT2D eigenvalue weighted by Crippen LogP contribution is 2.09. The molecule has 0 fully saturated rings. The van der Waals surface area contributed by atoms with Crippen molar-refractivity contribution in [3.63, 3.8) is 0 Å². The second kappa shape index (κ2) is 12.7. The van der Waals surface area contributed by atoms with E-state index in [9.17, 15) is 4.79 Å². The summed E-state index contributed by atoms with van der Waals surface area (Å²) in [6.45, 7) is 2.81. The molecular weight excluding hydrogens is 296 g/mol. The molecule has 1 aromatic rings. The molecule has 21 heavy (non-hydrogen) atoms. The molecule has 0 atom stereocenters. The first-order valence-electron chi connectivity index (χ1n) is 6.85. The third kappa shape index (κ3) is 10.4. The van der Waals surface area contributed by atoms with Gasteiger partial charge >= 0.3 is 5.97 Å².